The molecule has 0 radical (unpaired) electrons. The SMILES string of the molecule is O=C(NCCc1cc2ccccc2s1)NC1CCC(C(=O)O)CC1. The van der Waals surface area contributed by atoms with Crippen LogP contribution in [0.3, 0.4) is 0 Å². The number of hydrogen-bond acceptors (Lipinski definition) is 3. The molecule has 5 nitrogen and oxygen atoms in total. The molecule has 1 saturated carbocycles. The number of hydrogen-bond donors (Lipinski definition) is 3. The van der Waals surface area contributed by atoms with Crippen molar-refractivity contribution in [2.45, 2.75) is 38.1 Å². The highest BCUT2D eigenvalue weighted by atomic mass is 32.1. The van der Waals surface area contributed by atoms with Gasteiger partial charge in [-0.25, -0.2) is 4.79 Å². The van der Waals surface area contributed by atoms with E-state index in [-0.39, 0.29) is 18.0 Å². The summed E-state index contributed by atoms with van der Waals surface area (Å²) >= 11 is 1.76. The number of urea groups is 1. The fourth-order valence-electron chi connectivity index (χ4n) is 3.18. The van der Waals surface area contributed by atoms with Gasteiger partial charge in [-0.15, -0.1) is 11.3 Å². The zero-order valence-corrected chi connectivity index (χ0v) is 14.3. The van der Waals surface area contributed by atoms with Gasteiger partial charge in [0.05, 0.1) is 5.92 Å². The number of nitrogens with one attached hydrogen (secondary N) is 2. The van der Waals surface area contributed by atoms with Gasteiger partial charge in [-0.1, -0.05) is 18.2 Å². The Balaban J connectivity index is 1.39. The number of fused-ring (bicyclic) bond motifs is 1. The predicted octanol–water partition coefficient (Wildman–Crippen LogP) is 3.39. The Morgan fingerprint density at radius 2 is 1.92 bits per heavy atom. The molecule has 24 heavy (non-hydrogen) atoms. The summed E-state index contributed by atoms with van der Waals surface area (Å²) in [5.74, 6) is -0.972. The number of aliphatic carboxylic acids is 1. The number of benzene rings is 1. The number of carbonyl (C=O) groups excluding carboxylic acids is 1. The summed E-state index contributed by atoms with van der Waals surface area (Å²) in [7, 11) is 0. The van der Waals surface area contributed by atoms with E-state index in [1.165, 1.54) is 15.0 Å². The lowest BCUT2D eigenvalue weighted by molar-refractivity contribution is -0.142. The van der Waals surface area contributed by atoms with Gasteiger partial charge in [-0.2, -0.15) is 0 Å². The molecule has 2 aromatic rings. The third-order valence-electron chi connectivity index (χ3n) is 4.55. The minimum atomic E-state index is -0.721. The first kappa shape index (κ1) is 16.8. The maximum absolute atomic E-state index is 12.0. The molecular weight excluding hydrogens is 324 g/mol. The predicted molar refractivity (Wildman–Crippen MR) is 95.4 cm³/mol. The second-order valence-corrected chi connectivity index (χ2v) is 7.46. The van der Waals surface area contributed by atoms with Gasteiger partial charge in [0.2, 0.25) is 0 Å². The molecule has 6 heteroatoms. The molecule has 1 aromatic carbocycles. The molecule has 3 N–H and O–H groups in total. The Kier molecular flexibility index (Phi) is 5.35. The molecule has 1 aromatic heterocycles. The van der Waals surface area contributed by atoms with Crippen LogP contribution in [0.2, 0.25) is 0 Å². The van der Waals surface area contributed by atoms with Crippen LogP contribution >= 0.6 is 11.3 Å². The molecule has 128 valence electrons. The van der Waals surface area contributed by atoms with E-state index in [4.69, 9.17) is 5.11 Å². The molecule has 0 unspecified atom stereocenters. The Morgan fingerprint density at radius 3 is 2.62 bits per heavy atom. The molecule has 1 aliphatic carbocycles. The van der Waals surface area contributed by atoms with Gasteiger partial charge in [0.15, 0.2) is 0 Å². The van der Waals surface area contributed by atoms with Crippen LogP contribution in [0, 0.1) is 5.92 Å². The Labute approximate surface area is 145 Å². The second-order valence-electron chi connectivity index (χ2n) is 6.29. The minimum absolute atomic E-state index is 0.0879. The van der Waals surface area contributed by atoms with E-state index in [0.29, 0.717) is 19.4 Å². The summed E-state index contributed by atoms with van der Waals surface area (Å²) in [4.78, 5) is 24.1. The third-order valence-corrected chi connectivity index (χ3v) is 5.72. The van der Waals surface area contributed by atoms with Crippen LogP contribution in [0.15, 0.2) is 30.3 Å². The van der Waals surface area contributed by atoms with Crippen molar-refractivity contribution in [1.82, 2.24) is 10.6 Å². The van der Waals surface area contributed by atoms with Crippen molar-refractivity contribution in [1.29, 1.82) is 0 Å². The number of carboxylic acids is 1. The minimum Gasteiger partial charge on any atom is -0.481 e. The van der Waals surface area contributed by atoms with Gasteiger partial charge in [0.1, 0.15) is 0 Å². The van der Waals surface area contributed by atoms with Crippen molar-refractivity contribution in [2.75, 3.05) is 6.54 Å². The molecule has 1 fully saturated rings. The molecule has 0 atom stereocenters. The summed E-state index contributed by atoms with van der Waals surface area (Å²) in [6, 6.07) is 10.4. The maximum atomic E-state index is 12.0. The van der Waals surface area contributed by atoms with Crippen LogP contribution in [0.4, 0.5) is 4.79 Å². The summed E-state index contributed by atoms with van der Waals surface area (Å²) in [5, 5.41) is 16.1. The normalized spacial score (nSPS) is 20.7. The first-order chi connectivity index (χ1) is 11.6. The van der Waals surface area contributed by atoms with Crippen LogP contribution in [-0.2, 0) is 11.2 Å². The molecule has 1 aliphatic rings. The molecular formula is C18H22N2O3S. The quantitative estimate of drug-likeness (QED) is 0.776. The Morgan fingerprint density at radius 1 is 1.17 bits per heavy atom. The highest BCUT2D eigenvalue weighted by Gasteiger charge is 2.26. The molecule has 0 saturated heterocycles. The van der Waals surface area contributed by atoms with Crippen molar-refractivity contribution < 1.29 is 14.7 Å². The van der Waals surface area contributed by atoms with E-state index in [2.05, 4.69) is 28.8 Å². The van der Waals surface area contributed by atoms with Crippen molar-refractivity contribution in [3.8, 4) is 0 Å². The Bertz CT molecular complexity index is 687. The lowest BCUT2D eigenvalue weighted by atomic mass is 9.86. The molecule has 0 spiro atoms. The van der Waals surface area contributed by atoms with Gasteiger partial charge in [-0.3, -0.25) is 4.79 Å². The monoisotopic (exact) mass is 346 g/mol. The molecule has 0 aliphatic heterocycles. The van der Waals surface area contributed by atoms with Crippen molar-refractivity contribution in [2.24, 2.45) is 5.92 Å². The standard InChI is InChI=1S/C18H22N2O3S/c21-17(22)12-5-7-14(8-6-12)20-18(23)19-10-9-15-11-13-3-1-2-4-16(13)24-15/h1-4,11-12,14H,5-10H2,(H,21,22)(H2,19,20,23). The van der Waals surface area contributed by atoms with E-state index in [1.54, 1.807) is 11.3 Å². The lowest BCUT2D eigenvalue weighted by Crippen LogP contribution is -2.44. The zero-order valence-electron chi connectivity index (χ0n) is 13.5. The smallest absolute Gasteiger partial charge is 0.315 e. The summed E-state index contributed by atoms with van der Waals surface area (Å²) in [5.41, 5.74) is 0. The summed E-state index contributed by atoms with van der Waals surface area (Å²) in [6.07, 6.45) is 3.57. The van der Waals surface area contributed by atoms with Gasteiger partial charge >= 0.3 is 12.0 Å². The lowest BCUT2D eigenvalue weighted by Gasteiger charge is -2.26. The number of carbonyl (C=O) groups is 2. The van der Waals surface area contributed by atoms with Crippen LogP contribution in [-0.4, -0.2) is 29.7 Å². The second kappa shape index (κ2) is 7.66. The third kappa shape index (κ3) is 4.26. The van der Waals surface area contributed by atoms with E-state index < -0.39 is 5.97 Å². The largest absolute Gasteiger partial charge is 0.481 e. The van der Waals surface area contributed by atoms with Gasteiger partial charge < -0.3 is 15.7 Å². The highest BCUT2D eigenvalue weighted by Crippen LogP contribution is 2.25. The molecule has 0 bridgehead atoms. The number of rotatable bonds is 5. The van der Waals surface area contributed by atoms with Crippen LogP contribution in [0.5, 0.6) is 0 Å². The van der Waals surface area contributed by atoms with Crippen LogP contribution in [0.25, 0.3) is 10.1 Å². The van der Waals surface area contributed by atoms with Crippen LogP contribution < -0.4 is 10.6 Å². The van der Waals surface area contributed by atoms with Gasteiger partial charge in [0.25, 0.3) is 0 Å². The van der Waals surface area contributed by atoms with Crippen molar-refractivity contribution >= 4 is 33.4 Å². The van der Waals surface area contributed by atoms with E-state index in [9.17, 15) is 9.59 Å². The summed E-state index contributed by atoms with van der Waals surface area (Å²) < 4.78 is 1.27. The van der Waals surface area contributed by atoms with Crippen LogP contribution in [0.1, 0.15) is 30.6 Å². The fourth-order valence-corrected chi connectivity index (χ4v) is 4.24. The van der Waals surface area contributed by atoms with E-state index in [0.717, 1.165) is 19.3 Å². The van der Waals surface area contributed by atoms with Gasteiger partial charge in [0, 0.05) is 22.2 Å². The number of carboxylic acid groups (broad SMARTS) is 1. The average molecular weight is 346 g/mol. The first-order valence-electron chi connectivity index (χ1n) is 8.36. The topological polar surface area (TPSA) is 78.4 Å². The molecule has 1 heterocycles. The molecule has 3 rings (SSSR count). The van der Waals surface area contributed by atoms with E-state index in [1.807, 2.05) is 12.1 Å². The maximum Gasteiger partial charge on any atom is 0.315 e. The van der Waals surface area contributed by atoms with Crippen molar-refractivity contribution in [3.05, 3.63) is 35.2 Å². The Hall–Kier alpha value is -2.08. The summed E-state index contributed by atoms with van der Waals surface area (Å²) in [6.45, 7) is 0.600. The van der Waals surface area contributed by atoms with Gasteiger partial charge in [-0.05, 0) is 49.6 Å². The number of thiophene rings is 1. The fraction of sp³-hybridized carbons (Fsp3) is 0.444. The average Bonchev–Trinajstić information content (AvgIpc) is 2.98. The van der Waals surface area contributed by atoms with Crippen molar-refractivity contribution in [3.63, 3.8) is 0 Å². The zero-order chi connectivity index (χ0) is 16.9. The highest BCUT2D eigenvalue weighted by molar-refractivity contribution is 7.19. The number of amides is 2. The van der Waals surface area contributed by atoms with E-state index >= 15 is 0 Å². The first-order valence-corrected chi connectivity index (χ1v) is 9.18. The molecule has 2 amide bonds.